The first-order valence-corrected chi connectivity index (χ1v) is 7.71. The zero-order valence-electron chi connectivity index (χ0n) is 14.1. The lowest BCUT2D eigenvalue weighted by molar-refractivity contribution is 0.589. The van der Waals surface area contributed by atoms with Gasteiger partial charge in [0.15, 0.2) is 0 Å². The van der Waals surface area contributed by atoms with Gasteiger partial charge in [-0.1, -0.05) is 51.1 Å². The molecular weight excluding hydrogens is 254 g/mol. The molecule has 1 N–H and O–H groups in total. The minimum Gasteiger partial charge on any atom is -0.379 e. The number of nitrogens with one attached hydrogen (secondary N) is 1. The average Bonchev–Trinajstić information content (AvgIpc) is 2.36. The van der Waals surface area contributed by atoms with E-state index in [1.165, 1.54) is 27.9 Å². The molecule has 0 heterocycles. The Kier molecular flexibility index (Phi) is 4.41. The molecule has 0 fully saturated rings. The van der Waals surface area contributed by atoms with Crippen LogP contribution in [0.15, 0.2) is 42.5 Å². The van der Waals surface area contributed by atoms with Gasteiger partial charge in [-0.05, 0) is 60.6 Å². The van der Waals surface area contributed by atoms with Crippen molar-refractivity contribution in [2.24, 2.45) is 0 Å². The van der Waals surface area contributed by atoms with Crippen molar-refractivity contribution in [2.75, 3.05) is 5.32 Å². The summed E-state index contributed by atoms with van der Waals surface area (Å²) in [6.45, 7) is 13.2. The maximum Gasteiger partial charge on any atom is 0.0485 e. The van der Waals surface area contributed by atoms with E-state index in [4.69, 9.17) is 0 Å². The second-order valence-corrected chi connectivity index (χ2v) is 7.11. The Morgan fingerprint density at radius 2 is 1.38 bits per heavy atom. The highest BCUT2D eigenvalue weighted by molar-refractivity contribution is 5.50. The Labute approximate surface area is 129 Å². The Morgan fingerprint density at radius 1 is 0.857 bits per heavy atom. The second-order valence-electron chi connectivity index (χ2n) is 7.11. The van der Waals surface area contributed by atoms with Crippen LogP contribution in [0.2, 0.25) is 0 Å². The fraction of sp³-hybridized carbons (Fsp3) is 0.400. The van der Waals surface area contributed by atoms with E-state index < -0.39 is 0 Å². The molecule has 1 nitrogen and oxygen atoms in total. The zero-order valence-corrected chi connectivity index (χ0v) is 14.1. The van der Waals surface area contributed by atoms with Gasteiger partial charge in [0.05, 0.1) is 0 Å². The van der Waals surface area contributed by atoms with Crippen molar-refractivity contribution in [3.05, 3.63) is 64.7 Å². The van der Waals surface area contributed by atoms with Gasteiger partial charge in [-0.15, -0.1) is 0 Å². The topological polar surface area (TPSA) is 12.0 Å². The van der Waals surface area contributed by atoms with Crippen LogP contribution >= 0.6 is 0 Å². The summed E-state index contributed by atoms with van der Waals surface area (Å²) in [5.74, 6) is 0. The van der Waals surface area contributed by atoms with E-state index in [2.05, 4.69) is 89.3 Å². The first-order valence-electron chi connectivity index (χ1n) is 7.71. The molecule has 21 heavy (non-hydrogen) atoms. The molecule has 0 bridgehead atoms. The molecular formula is C20H27N. The second kappa shape index (κ2) is 5.93. The molecule has 0 saturated carbocycles. The molecule has 0 aliphatic rings. The predicted octanol–water partition coefficient (Wildman–Crippen LogP) is 5.77. The van der Waals surface area contributed by atoms with Gasteiger partial charge in [-0.25, -0.2) is 0 Å². The molecule has 0 spiro atoms. The summed E-state index contributed by atoms with van der Waals surface area (Å²) in [5.41, 5.74) is 6.70. The third-order valence-corrected chi connectivity index (χ3v) is 3.88. The zero-order chi connectivity index (χ0) is 15.6. The van der Waals surface area contributed by atoms with Crippen LogP contribution in [0.1, 0.15) is 56.0 Å². The van der Waals surface area contributed by atoms with Gasteiger partial charge in [0.1, 0.15) is 0 Å². The summed E-state index contributed by atoms with van der Waals surface area (Å²) < 4.78 is 0. The Bertz CT molecular complexity index is 582. The fourth-order valence-corrected chi connectivity index (χ4v) is 2.66. The molecule has 1 unspecified atom stereocenters. The lowest BCUT2D eigenvalue weighted by Crippen LogP contribution is -2.12. The Morgan fingerprint density at radius 3 is 1.86 bits per heavy atom. The van der Waals surface area contributed by atoms with Crippen molar-refractivity contribution in [3.63, 3.8) is 0 Å². The number of hydrogen-bond acceptors (Lipinski definition) is 1. The monoisotopic (exact) mass is 281 g/mol. The van der Waals surface area contributed by atoms with Crippen LogP contribution in [0.3, 0.4) is 0 Å². The number of anilines is 1. The summed E-state index contributed by atoms with van der Waals surface area (Å²) in [7, 11) is 0. The molecule has 0 amide bonds. The van der Waals surface area contributed by atoms with Crippen LogP contribution in [0, 0.1) is 13.8 Å². The summed E-state index contributed by atoms with van der Waals surface area (Å²) in [5, 5.41) is 3.60. The molecule has 1 heteroatoms. The van der Waals surface area contributed by atoms with Gasteiger partial charge in [0.2, 0.25) is 0 Å². The van der Waals surface area contributed by atoms with E-state index in [-0.39, 0.29) is 5.41 Å². The van der Waals surface area contributed by atoms with Crippen LogP contribution in [0.25, 0.3) is 0 Å². The number of rotatable bonds is 3. The molecule has 0 saturated heterocycles. The van der Waals surface area contributed by atoms with E-state index in [9.17, 15) is 0 Å². The van der Waals surface area contributed by atoms with E-state index in [1.807, 2.05) is 0 Å². The highest BCUT2D eigenvalue weighted by atomic mass is 14.9. The van der Waals surface area contributed by atoms with E-state index in [0.717, 1.165) is 0 Å². The van der Waals surface area contributed by atoms with E-state index >= 15 is 0 Å². The van der Waals surface area contributed by atoms with Crippen molar-refractivity contribution in [3.8, 4) is 0 Å². The maximum atomic E-state index is 3.60. The predicted molar refractivity (Wildman–Crippen MR) is 93.1 cm³/mol. The van der Waals surface area contributed by atoms with Crippen molar-refractivity contribution < 1.29 is 0 Å². The van der Waals surface area contributed by atoms with E-state index in [1.54, 1.807) is 0 Å². The minimum atomic E-state index is 0.211. The van der Waals surface area contributed by atoms with Crippen LogP contribution in [-0.4, -0.2) is 0 Å². The molecule has 0 aliphatic carbocycles. The molecule has 2 rings (SSSR count). The van der Waals surface area contributed by atoms with Gasteiger partial charge < -0.3 is 5.32 Å². The van der Waals surface area contributed by atoms with Crippen molar-refractivity contribution in [1.29, 1.82) is 0 Å². The van der Waals surface area contributed by atoms with Gasteiger partial charge in [-0.3, -0.25) is 0 Å². The summed E-state index contributed by atoms with van der Waals surface area (Å²) >= 11 is 0. The van der Waals surface area contributed by atoms with Crippen LogP contribution in [-0.2, 0) is 5.41 Å². The van der Waals surface area contributed by atoms with Crippen LogP contribution in [0.4, 0.5) is 5.69 Å². The van der Waals surface area contributed by atoms with Gasteiger partial charge in [-0.2, -0.15) is 0 Å². The molecule has 112 valence electrons. The minimum absolute atomic E-state index is 0.211. The largest absolute Gasteiger partial charge is 0.379 e. The highest BCUT2D eigenvalue weighted by Gasteiger charge is 2.14. The molecule has 0 radical (unpaired) electrons. The number of aryl methyl sites for hydroxylation is 2. The standard InChI is InChI=1S/C20H27N/c1-14-11-15(2)13-19(12-14)21-16(3)17-7-9-18(10-8-17)20(4,5)6/h7-13,16,21H,1-6H3. The number of benzene rings is 2. The quantitative estimate of drug-likeness (QED) is 0.752. The smallest absolute Gasteiger partial charge is 0.0485 e. The van der Waals surface area contributed by atoms with Gasteiger partial charge >= 0.3 is 0 Å². The average molecular weight is 281 g/mol. The SMILES string of the molecule is Cc1cc(C)cc(NC(C)c2ccc(C(C)(C)C)cc2)c1. The Hall–Kier alpha value is -1.76. The molecule has 1 atom stereocenters. The molecule has 0 aliphatic heterocycles. The summed E-state index contributed by atoms with van der Waals surface area (Å²) in [6.07, 6.45) is 0. The lowest BCUT2D eigenvalue weighted by Gasteiger charge is -2.21. The third-order valence-electron chi connectivity index (χ3n) is 3.88. The maximum absolute atomic E-state index is 3.60. The number of hydrogen-bond donors (Lipinski definition) is 1. The summed E-state index contributed by atoms with van der Waals surface area (Å²) in [4.78, 5) is 0. The van der Waals surface area contributed by atoms with Crippen molar-refractivity contribution in [2.45, 2.75) is 53.0 Å². The van der Waals surface area contributed by atoms with Crippen LogP contribution in [0.5, 0.6) is 0 Å². The van der Waals surface area contributed by atoms with Gasteiger partial charge in [0.25, 0.3) is 0 Å². The molecule has 0 aromatic heterocycles. The first-order chi connectivity index (χ1) is 9.75. The molecule has 2 aromatic rings. The van der Waals surface area contributed by atoms with Crippen molar-refractivity contribution >= 4 is 5.69 Å². The lowest BCUT2D eigenvalue weighted by atomic mass is 9.86. The summed E-state index contributed by atoms with van der Waals surface area (Å²) in [6, 6.07) is 15.9. The van der Waals surface area contributed by atoms with E-state index in [0.29, 0.717) is 6.04 Å². The normalized spacial score (nSPS) is 13.0. The van der Waals surface area contributed by atoms with Crippen LogP contribution < -0.4 is 5.32 Å². The highest BCUT2D eigenvalue weighted by Crippen LogP contribution is 2.26. The Balaban J connectivity index is 2.15. The molecule has 2 aromatic carbocycles. The van der Waals surface area contributed by atoms with Crippen molar-refractivity contribution in [1.82, 2.24) is 0 Å². The third kappa shape index (κ3) is 4.10. The fourth-order valence-electron chi connectivity index (χ4n) is 2.66. The first kappa shape index (κ1) is 15.6. The van der Waals surface area contributed by atoms with Gasteiger partial charge in [0, 0.05) is 11.7 Å².